The van der Waals surface area contributed by atoms with Crippen LogP contribution in [0, 0.1) is 35.5 Å². The maximum atomic E-state index is 12.5. The SMILES string of the molecule is O=C1[C@H]2[C@H]3[C@H]4[C@@H]5[C@@H]([C@H]2[C@@]5(Br)C32OCCO2)[C@@]14Br. The number of carbonyl (C=O) groups is 1. The highest BCUT2D eigenvalue weighted by molar-refractivity contribution is 9.10. The fourth-order valence-corrected chi connectivity index (χ4v) is 9.62. The molecule has 1 spiro atoms. The molecule has 7 aliphatic rings. The van der Waals surface area contributed by atoms with E-state index in [0.29, 0.717) is 48.6 Å². The number of ether oxygens (including phenoxy) is 2. The molecule has 6 saturated carbocycles. The molecule has 0 amide bonds. The van der Waals surface area contributed by atoms with Crippen molar-refractivity contribution in [1.29, 1.82) is 0 Å². The molecule has 90 valence electrons. The molecule has 0 unspecified atom stereocenters. The highest BCUT2D eigenvalue weighted by Gasteiger charge is 3.04. The molecule has 0 N–H and O–H groups in total. The molecular formula is C12H10Br2O3. The van der Waals surface area contributed by atoms with Gasteiger partial charge in [0.05, 0.1) is 21.9 Å². The molecular weight excluding hydrogens is 352 g/mol. The summed E-state index contributed by atoms with van der Waals surface area (Å²) < 4.78 is 11.8. The Bertz CT molecular complexity index is 516. The Morgan fingerprint density at radius 3 is 2.24 bits per heavy atom. The molecule has 7 rings (SSSR count). The largest absolute Gasteiger partial charge is 0.346 e. The van der Waals surface area contributed by atoms with Crippen LogP contribution < -0.4 is 0 Å². The van der Waals surface area contributed by atoms with Crippen LogP contribution in [0.3, 0.4) is 0 Å². The van der Waals surface area contributed by atoms with Gasteiger partial charge in [-0.05, 0) is 23.7 Å². The van der Waals surface area contributed by atoms with E-state index in [0.717, 1.165) is 0 Å². The van der Waals surface area contributed by atoms with E-state index in [4.69, 9.17) is 9.47 Å². The number of ketones is 1. The predicted molar refractivity (Wildman–Crippen MR) is 63.9 cm³/mol. The second-order valence-electron chi connectivity index (χ2n) is 6.42. The summed E-state index contributed by atoms with van der Waals surface area (Å²) in [5, 5.41) is 0. The summed E-state index contributed by atoms with van der Waals surface area (Å²) in [5.74, 6) is 2.50. The molecule has 5 heteroatoms. The molecule has 17 heavy (non-hydrogen) atoms. The summed E-state index contributed by atoms with van der Waals surface area (Å²) in [4.78, 5) is 12.5. The van der Waals surface area contributed by atoms with Crippen LogP contribution in [-0.4, -0.2) is 33.4 Å². The van der Waals surface area contributed by atoms with E-state index in [1.807, 2.05) is 0 Å². The Morgan fingerprint density at radius 1 is 1.00 bits per heavy atom. The van der Waals surface area contributed by atoms with E-state index in [1.165, 1.54) is 0 Å². The fraction of sp³-hybridized carbons (Fsp3) is 0.917. The number of carbonyl (C=O) groups excluding carboxylic acids is 1. The van der Waals surface area contributed by atoms with Gasteiger partial charge < -0.3 is 9.47 Å². The number of hydrogen-bond acceptors (Lipinski definition) is 3. The van der Waals surface area contributed by atoms with Gasteiger partial charge in [-0.1, -0.05) is 31.9 Å². The van der Waals surface area contributed by atoms with Crippen LogP contribution in [0.15, 0.2) is 0 Å². The number of halogens is 2. The first kappa shape index (κ1) is 9.45. The molecule has 0 aromatic heterocycles. The minimum Gasteiger partial charge on any atom is -0.346 e. The van der Waals surface area contributed by atoms with Crippen molar-refractivity contribution < 1.29 is 14.3 Å². The topological polar surface area (TPSA) is 35.5 Å². The van der Waals surface area contributed by atoms with Crippen molar-refractivity contribution in [3.63, 3.8) is 0 Å². The van der Waals surface area contributed by atoms with E-state index < -0.39 is 5.79 Å². The molecule has 1 saturated heterocycles. The second kappa shape index (κ2) is 2.11. The first-order chi connectivity index (χ1) is 8.10. The van der Waals surface area contributed by atoms with E-state index in [2.05, 4.69) is 31.9 Å². The van der Waals surface area contributed by atoms with Gasteiger partial charge in [0.25, 0.3) is 0 Å². The smallest absolute Gasteiger partial charge is 0.188 e. The minimum atomic E-state index is -0.476. The van der Waals surface area contributed by atoms with Crippen LogP contribution in [0.25, 0.3) is 0 Å². The lowest BCUT2D eigenvalue weighted by atomic mass is 9.40. The maximum Gasteiger partial charge on any atom is 0.188 e. The van der Waals surface area contributed by atoms with Crippen LogP contribution in [0.2, 0.25) is 0 Å². The van der Waals surface area contributed by atoms with Crippen LogP contribution in [0.1, 0.15) is 0 Å². The van der Waals surface area contributed by atoms with E-state index >= 15 is 0 Å². The molecule has 3 nitrogen and oxygen atoms in total. The lowest BCUT2D eigenvalue weighted by Gasteiger charge is -2.69. The van der Waals surface area contributed by atoms with Crippen LogP contribution in [0.5, 0.6) is 0 Å². The molecule has 4 bridgehead atoms. The zero-order valence-corrected chi connectivity index (χ0v) is 12.0. The third-order valence-electron chi connectivity index (χ3n) is 6.63. The average Bonchev–Trinajstić information content (AvgIpc) is 2.96. The van der Waals surface area contributed by atoms with Crippen molar-refractivity contribution >= 4 is 37.6 Å². The minimum absolute atomic E-state index is 0.0510. The Labute approximate surface area is 115 Å². The fourth-order valence-electron chi connectivity index (χ4n) is 6.58. The number of Topliss-reactive ketones (excluding diaryl/α,β-unsaturated/α-hetero) is 1. The zero-order chi connectivity index (χ0) is 11.4. The number of alkyl halides is 2. The van der Waals surface area contributed by atoms with Crippen molar-refractivity contribution in [2.75, 3.05) is 13.2 Å². The van der Waals surface area contributed by atoms with Crippen molar-refractivity contribution in [2.24, 2.45) is 35.5 Å². The molecule has 7 fully saturated rings. The molecule has 1 aliphatic heterocycles. The number of hydrogen-bond donors (Lipinski definition) is 0. The van der Waals surface area contributed by atoms with Crippen LogP contribution >= 0.6 is 31.9 Å². The van der Waals surface area contributed by atoms with Crippen LogP contribution in [-0.2, 0) is 14.3 Å². The third kappa shape index (κ3) is 0.514. The standard InChI is InChI=1S/C12H10Br2O3/c13-10-6-4-3(9(10)15)5-7(10)8(6)11(4,14)12(5)16-1-2-17-12/h3-8H,1-2H2/t3-,4+,5+,6-,7+,8+,10+,11+/m1/s1. The summed E-state index contributed by atoms with van der Waals surface area (Å²) in [5.41, 5.74) is 0. The lowest BCUT2D eigenvalue weighted by Crippen LogP contribution is -2.75. The van der Waals surface area contributed by atoms with Gasteiger partial charge in [0.2, 0.25) is 0 Å². The van der Waals surface area contributed by atoms with Crippen LogP contribution in [0.4, 0.5) is 0 Å². The normalized spacial score (nSPS) is 74.6. The van der Waals surface area contributed by atoms with Gasteiger partial charge in [-0.2, -0.15) is 0 Å². The predicted octanol–water partition coefficient (Wildman–Crippen LogP) is 1.33. The lowest BCUT2D eigenvalue weighted by molar-refractivity contribution is -0.199. The first-order valence-corrected chi connectivity index (χ1v) is 7.89. The molecule has 0 aromatic rings. The Balaban J connectivity index is 1.69. The summed E-state index contributed by atoms with van der Waals surface area (Å²) in [6, 6.07) is 0. The van der Waals surface area contributed by atoms with Gasteiger partial charge in [0.15, 0.2) is 11.6 Å². The molecule has 0 aromatic carbocycles. The zero-order valence-electron chi connectivity index (χ0n) is 8.86. The third-order valence-corrected chi connectivity index (χ3v) is 9.69. The highest BCUT2D eigenvalue weighted by Crippen LogP contribution is 2.96. The van der Waals surface area contributed by atoms with Gasteiger partial charge in [-0.15, -0.1) is 0 Å². The summed E-state index contributed by atoms with van der Waals surface area (Å²) in [7, 11) is 0. The van der Waals surface area contributed by atoms with Crippen molar-refractivity contribution in [3.8, 4) is 0 Å². The Kier molecular flexibility index (Phi) is 1.17. The number of rotatable bonds is 0. The monoisotopic (exact) mass is 360 g/mol. The molecule has 1 heterocycles. The quantitative estimate of drug-likeness (QED) is 0.611. The van der Waals surface area contributed by atoms with Gasteiger partial charge in [0.1, 0.15) is 0 Å². The maximum absolute atomic E-state index is 12.5. The Hall–Kier alpha value is 0.550. The van der Waals surface area contributed by atoms with Crippen molar-refractivity contribution in [2.45, 2.75) is 14.4 Å². The van der Waals surface area contributed by atoms with Gasteiger partial charge in [0, 0.05) is 11.8 Å². The first-order valence-electron chi connectivity index (χ1n) is 6.30. The van der Waals surface area contributed by atoms with E-state index in [-0.39, 0.29) is 14.6 Å². The average molecular weight is 362 g/mol. The van der Waals surface area contributed by atoms with E-state index in [9.17, 15) is 4.79 Å². The molecule has 8 atom stereocenters. The van der Waals surface area contributed by atoms with Gasteiger partial charge in [-0.3, -0.25) is 4.79 Å². The summed E-state index contributed by atoms with van der Waals surface area (Å²) in [6.45, 7) is 1.35. The van der Waals surface area contributed by atoms with Crippen molar-refractivity contribution in [1.82, 2.24) is 0 Å². The molecule has 6 aliphatic carbocycles. The van der Waals surface area contributed by atoms with Gasteiger partial charge >= 0.3 is 0 Å². The molecule has 0 radical (unpaired) electrons. The highest BCUT2D eigenvalue weighted by atomic mass is 79.9. The summed E-state index contributed by atoms with van der Waals surface area (Å²) in [6.07, 6.45) is 0. The summed E-state index contributed by atoms with van der Waals surface area (Å²) >= 11 is 7.73. The Morgan fingerprint density at radius 2 is 1.65 bits per heavy atom. The van der Waals surface area contributed by atoms with Crippen molar-refractivity contribution in [3.05, 3.63) is 0 Å². The second-order valence-corrected chi connectivity index (χ2v) is 9.04. The van der Waals surface area contributed by atoms with E-state index in [1.54, 1.807) is 0 Å². The van der Waals surface area contributed by atoms with Gasteiger partial charge in [-0.25, -0.2) is 0 Å².